The summed E-state index contributed by atoms with van der Waals surface area (Å²) >= 11 is 1.62. The molecule has 0 saturated carbocycles. The first kappa shape index (κ1) is 13.5. The molecule has 2 heterocycles. The lowest BCUT2D eigenvalue weighted by Gasteiger charge is -2.19. The largest absolute Gasteiger partial charge is 0.392 e. The van der Waals surface area contributed by atoms with Crippen LogP contribution in [0.4, 0.5) is 0 Å². The topological polar surface area (TPSA) is 79.5 Å². The molecule has 6 heteroatoms. The molecular weight excluding hydrogens is 274 g/mol. The predicted octanol–water partition coefficient (Wildman–Crippen LogP) is 1.03. The third-order valence-electron chi connectivity index (χ3n) is 3.64. The highest BCUT2D eigenvalue weighted by Gasteiger charge is 2.35. The molecule has 1 aliphatic heterocycles. The van der Waals surface area contributed by atoms with Gasteiger partial charge >= 0.3 is 0 Å². The molecule has 0 unspecified atom stereocenters. The molecule has 3 rings (SSSR count). The molecule has 3 N–H and O–H groups in total. The van der Waals surface area contributed by atoms with Crippen molar-refractivity contribution in [1.82, 2.24) is 9.88 Å². The summed E-state index contributed by atoms with van der Waals surface area (Å²) < 4.78 is 1.14. The molecule has 20 heavy (non-hydrogen) atoms. The molecule has 1 fully saturated rings. The van der Waals surface area contributed by atoms with Crippen molar-refractivity contribution in [1.29, 1.82) is 0 Å². The van der Waals surface area contributed by atoms with E-state index in [1.165, 1.54) is 5.56 Å². The second-order valence-corrected chi connectivity index (χ2v) is 6.43. The fourth-order valence-corrected chi connectivity index (χ4v) is 3.65. The Morgan fingerprint density at radius 1 is 1.60 bits per heavy atom. The van der Waals surface area contributed by atoms with E-state index >= 15 is 0 Å². The van der Waals surface area contributed by atoms with E-state index in [2.05, 4.69) is 23.2 Å². The van der Waals surface area contributed by atoms with Gasteiger partial charge < -0.3 is 10.8 Å². The number of carbonyl (C=O) groups excluding carboxylic acids is 1. The van der Waals surface area contributed by atoms with E-state index in [-0.39, 0.29) is 5.91 Å². The van der Waals surface area contributed by atoms with Gasteiger partial charge in [-0.3, -0.25) is 9.69 Å². The summed E-state index contributed by atoms with van der Waals surface area (Å²) in [6.45, 7) is 3.07. The number of aromatic nitrogens is 1. The monoisotopic (exact) mass is 291 g/mol. The highest BCUT2D eigenvalue weighted by Crippen LogP contribution is 2.26. The van der Waals surface area contributed by atoms with Crippen molar-refractivity contribution >= 4 is 27.5 Å². The van der Waals surface area contributed by atoms with Crippen LogP contribution < -0.4 is 5.73 Å². The average Bonchev–Trinajstić information content (AvgIpc) is 2.92. The van der Waals surface area contributed by atoms with Crippen LogP contribution in [0, 0.1) is 6.92 Å². The number of amides is 1. The Bertz CT molecular complexity index is 655. The number of likely N-dealkylation sites (tertiary alicyclic amines) is 1. The van der Waals surface area contributed by atoms with Gasteiger partial charge in [0.05, 0.1) is 28.9 Å². The maximum Gasteiger partial charge on any atom is 0.234 e. The number of aliphatic hydroxyl groups is 1. The van der Waals surface area contributed by atoms with Crippen LogP contribution in [-0.4, -0.2) is 39.6 Å². The maximum atomic E-state index is 11.4. The second kappa shape index (κ2) is 5.12. The number of carbonyl (C=O) groups is 1. The van der Waals surface area contributed by atoms with Crippen LogP contribution in [0.25, 0.3) is 10.2 Å². The van der Waals surface area contributed by atoms with E-state index in [1.54, 1.807) is 11.3 Å². The number of aryl methyl sites for hydroxylation is 1. The molecule has 1 aromatic carbocycles. The van der Waals surface area contributed by atoms with Crippen molar-refractivity contribution in [2.45, 2.75) is 32.0 Å². The van der Waals surface area contributed by atoms with Crippen molar-refractivity contribution in [3.63, 3.8) is 0 Å². The number of rotatable bonds is 3. The Balaban J connectivity index is 1.83. The van der Waals surface area contributed by atoms with E-state index in [9.17, 15) is 9.90 Å². The number of hydrogen-bond acceptors (Lipinski definition) is 5. The van der Waals surface area contributed by atoms with Crippen LogP contribution in [0.1, 0.15) is 17.0 Å². The van der Waals surface area contributed by atoms with Gasteiger partial charge in [0.15, 0.2) is 0 Å². The fraction of sp³-hybridized carbons (Fsp3) is 0.429. The molecule has 2 aromatic rings. The Hall–Kier alpha value is -1.50. The summed E-state index contributed by atoms with van der Waals surface area (Å²) in [4.78, 5) is 17.9. The molecule has 1 aliphatic rings. The normalized spacial score (nSPS) is 23.5. The SMILES string of the molecule is Cc1ccc2sc(CN3C[C@H](O)C[C@H]3C(N)=O)nc2c1. The van der Waals surface area contributed by atoms with E-state index in [0.29, 0.717) is 19.5 Å². The number of β-amino-alcohol motifs (C(OH)–C–C–N with tert-alkyl or cyclic N) is 1. The first-order chi connectivity index (χ1) is 9.52. The number of hydrogen-bond donors (Lipinski definition) is 2. The van der Waals surface area contributed by atoms with Crippen molar-refractivity contribution in [2.24, 2.45) is 5.73 Å². The molecule has 0 spiro atoms. The Morgan fingerprint density at radius 2 is 2.40 bits per heavy atom. The minimum atomic E-state index is -0.482. The van der Waals surface area contributed by atoms with Crippen LogP contribution >= 0.6 is 11.3 Å². The van der Waals surface area contributed by atoms with E-state index in [0.717, 1.165) is 15.2 Å². The van der Waals surface area contributed by atoms with Crippen LogP contribution in [-0.2, 0) is 11.3 Å². The molecule has 0 bridgehead atoms. The number of aliphatic hydroxyl groups excluding tert-OH is 1. The van der Waals surface area contributed by atoms with Crippen LogP contribution in [0.3, 0.4) is 0 Å². The lowest BCUT2D eigenvalue weighted by atomic mass is 10.2. The summed E-state index contributed by atoms with van der Waals surface area (Å²) in [5.41, 5.74) is 7.56. The number of primary amides is 1. The number of nitrogens with zero attached hydrogens (tertiary/aromatic N) is 2. The minimum Gasteiger partial charge on any atom is -0.392 e. The molecule has 0 aliphatic carbocycles. The first-order valence-electron chi connectivity index (χ1n) is 6.60. The van der Waals surface area contributed by atoms with Gasteiger partial charge in [0.25, 0.3) is 0 Å². The third-order valence-corrected chi connectivity index (χ3v) is 4.66. The predicted molar refractivity (Wildman–Crippen MR) is 78.4 cm³/mol. The maximum absolute atomic E-state index is 11.4. The Morgan fingerprint density at radius 3 is 3.15 bits per heavy atom. The lowest BCUT2D eigenvalue weighted by Crippen LogP contribution is -2.39. The molecule has 2 atom stereocenters. The fourth-order valence-electron chi connectivity index (χ4n) is 2.68. The van der Waals surface area contributed by atoms with Gasteiger partial charge in [-0.25, -0.2) is 4.98 Å². The van der Waals surface area contributed by atoms with Crippen LogP contribution in [0.15, 0.2) is 18.2 Å². The van der Waals surface area contributed by atoms with Gasteiger partial charge in [-0.2, -0.15) is 0 Å². The number of benzene rings is 1. The van der Waals surface area contributed by atoms with Gasteiger partial charge in [0.1, 0.15) is 5.01 Å². The zero-order valence-corrected chi connectivity index (χ0v) is 12.1. The quantitative estimate of drug-likeness (QED) is 0.885. The molecular formula is C14H17N3O2S. The first-order valence-corrected chi connectivity index (χ1v) is 7.42. The molecule has 106 valence electrons. The molecule has 1 amide bonds. The van der Waals surface area contributed by atoms with Crippen LogP contribution in [0.5, 0.6) is 0 Å². The average molecular weight is 291 g/mol. The van der Waals surface area contributed by atoms with Crippen molar-refractivity contribution in [3.8, 4) is 0 Å². The van der Waals surface area contributed by atoms with Gasteiger partial charge in [0, 0.05) is 6.54 Å². The van der Waals surface area contributed by atoms with Crippen molar-refractivity contribution in [2.75, 3.05) is 6.54 Å². The van der Waals surface area contributed by atoms with E-state index in [4.69, 9.17) is 5.73 Å². The second-order valence-electron chi connectivity index (χ2n) is 5.32. The van der Waals surface area contributed by atoms with Gasteiger partial charge in [-0.1, -0.05) is 6.07 Å². The number of thiazole rings is 1. The van der Waals surface area contributed by atoms with Crippen molar-refractivity contribution in [3.05, 3.63) is 28.8 Å². The van der Waals surface area contributed by atoms with Gasteiger partial charge in [0.2, 0.25) is 5.91 Å². The number of fused-ring (bicyclic) bond motifs is 1. The summed E-state index contributed by atoms with van der Waals surface area (Å²) in [6.07, 6.45) is -0.0663. The van der Waals surface area contributed by atoms with Gasteiger partial charge in [-0.15, -0.1) is 11.3 Å². The third kappa shape index (κ3) is 2.54. The Labute approximate surface area is 121 Å². The molecule has 1 saturated heterocycles. The van der Waals surface area contributed by atoms with Gasteiger partial charge in [-0.05, 0) is 31.0 Å². The Kier molecular flexibility index (Phi) is 3.45. The van der Waals surface area contributed by atoms with E-state index in [1.807, 2.05) is 11.8 Å². The molecule has 1 aromatic heterocycles. The number of nitrogens with two attached hydrogens (primary N) is 1. The lowest BCUT2D eigenvalue weighted by molar-refractivity contribution is -0.122. The summed E-state index contributed by atoms with van der Waals surface area (Å²) in [5, 5.41) is 10.7. The molecule has 0 radical (unpaired) electrons. The highest BCUT2D eigenvalue weighted by atomic mass is 32.1. The summed E-state index contributed by atoms with van der Waals surface area (Å²) in [7, 11) is 0. The van der Waals surface area contributed by atoms with Crippen molar-refractivity contribution < 1.29 is 9.90 Å². The summed E-state index contributed by atoms with van der Waals surface area (Å²) in [6, 6.07) is 5.80. The molecule has 5 nitrogen and oxygen atoms in total. The zero-order chi connectivity index (χ0) is 14.3. The zero-order valence-electron chi connectivity index (χ0n) is 11.2. The van der Waals surface area contributed by atoms with Crippen LogP contribution in [0.2, 0.25) is 0 Å². The smallest absolute Gasteiger partial charge is 0.234 e. The highest BCUT2D eigenvalue weighted by molar-refractivity contribution is 7.18. The standard InChI is InChI=1S/C14H17N3O2S/c1-8-2-3-12-10(4-8)16-13(20-12)7-17-6-9(18)5-11(17)14(15)19/h2-4,9,11,18H,5-7H2,1H3,(H2,15,19)/t9-,11+/m1/s1. The summed E-state index contributed by atoms with van der Waals surface area (Å²) in [5.74, 6) is -0.376. The minimum absolute atomic E-state index is 0.376. The van der Waals surface area contributed by atoms with E-state index < -0.39 is 12.1 Å².